The van der Waals surface area contributed by atoms with E-state index >= 15 is 0 Å². The summed E-state index contributed by atoms with van der Waals surface area (Å²) in [5.74, 6) is 0. The lowest BCUT2D eigenvalue weighted by molar-refractivity contribution is 0.00578. The van der Waals surface area contributed by atoms with Crippen LogP contribution in [0.3, 0.4) is 0 Å². The van der Waals surface area contributed by atoms with E-state index in [0.29, 0.717) is 5.02 Å². The maximum Gasteiger partial charge on any atom is 0.494 e. The molecule has 5 heterocycles. The molecule has 3 fully saturated rings. The quantitative estimate of drug-likeness (QED) is 0.162. The lowest BCUT2D eigenvalue weighted by Gasteiger charge is -2.32. The SMILES string of the molecule is C.CC1(C)OB(B2OC(C)(C)C(C)(C)O2)OC1(C)C.CC1(C)OB(c2ccc3c(c2)oc2cccc(-c4ccccc4)c23)OC1(C)C.Clc1ccc2c(c1)oc1cccc(-c3ccccc3)c12. The van der Waals surface area contributed by atoms with Crippen molar-refractivity contribution >= 4 is 82.1 Å². The molecule has 0 bridgehead atoms. The summed E-state index contributed by atoms with van der Waals surface area (Å²) in [6, 6.07) is 45.2. The summed E-state index contributed by atoms with van der Waals surface area (Å²) in [5, 5.41) is 5.19. The Morgan fingerprint density at radius 3 is 1.16 bits per heavy atom. The van der Waals surface area contributed by atoms with Gasteiger partial charge in [0.1, 0.15) is 22.3 Å². The molecule has 8 nitrogen and oxygen atoms in total. The summed E-state index contributed by atoms with van der Waals surface area (Å²) in [7, 11) is -1.34. The highest BCUT2D eigenvalue weighted by molar-refractivity contribution is 7.11. The standard InChI is InChI=1S/C24H23BO3.C18H11ClO.C12H24B2O4.CH4/c1-23(2)24(3,4)28-25(27-23)17-13-14-19-21(15-17)26-20-12-8-11-18(22(19)20)16-9-6-5-7-10-16;19-13-9-10-15-17(11-13)20-16-8-4-7-14(18(15)16)12-5-2-1-3-6-12;1-9(2)10(3,4)16-13(15-9)14-17-11(5,6)12(7,8)18-14;/h5-15H,1-4H3;1-11H;1-8H3;1H4. The Morgan fingerprint density at radius 1 is 0.373 bits per heavy atom. The average Bonchev–Trinajstić information content (AvgIpc) is 4.00. The molecule has 0 unspecified atom stereocenters. The van der Waals surface area contributed by atoms with E-state index in [1.807, 2.05) is 128 Å². The Balaban J connectivity index is 0.000000140. The lowest BCUT2D eigenvalue weighted by Crippen LogP contribution is -2.41. The normalized spacial score (nSPS) is 19.6. The predicted octanol–water partition coefficient (Wildman–Crippen LogP) is 14.3. The van der Waals surface area contributed by atoms with Gasteiger partial charge < -0.3 is 36.8 Å². The maximum absolute atomic E-state index is 6.21. The van der Waals surface area contributed by atoms with E-state index in [9.17, 15) is 0 Å². The number of hydrogen-bond donors (Lipinski definition) is 0. The van der Waals surface area contributed by atoms with Crippen LogP contribution in [0.4, 0.5) is 0 Å². The highest BCUT2D eigenvalue weighted by Crippen LogP contribution is 2.44. The molecule has 12 heteroatoms. The van der Waals surface area contributed by atoms with Gasteiger partial charge in [0.25, 0.3) is 0 Å². The average molecular weight is 919 g/mol. The molecular weight excluding hydrogens is 856 g/mol. The molecule has 2 aromatic heterocycles. The first-order valence-corrected chi connectivity index (χ1v) is 23.2. The van der Waals surface area contributed by atoms with Crippen molar-refractivity contribution in [1.29, 1.82) is 0 Å². The van der Waals surface area contributed by atoms with Crippen LogP contribution in [-0.4, -0.2) is 54.7 Å². The third-order valence-corrected chi connectivity index (χ3v) is 14.7. The first-order chi connectivity index (χ1) is 31.1. The van der Waals surface area contributed by atoms with Gasteiger partial charge >= 0.3 is 21.1 Å². The Labute approximate surface area is 401 Å². The third-order valence-electron chi connectivity index (χ3n) is 14.4. The van der Waals surface area contributed by atoms with Crippen molar-refractivity contribution in [2.45, 2.75) is 124 Å². The largest absolute Gasteiger partial charge is 0.494 e. The fraction of sp³-hybridized carbons (Fsp3) is 0.345. The molecule has 67 heavy (non-hydrogen) atoms. The molecule has 0 saturated carbocycles. The van der Waals surface area contributed by atoms with Gasteiger partial charge in [-0.15, -0.1) is 0 Å². The zero-order valence-electron chi connectivity index (χ0n) is 40.1. The van der Waals surface area contributed by atoms with Crippen LogP contribution in [0.5, 0.6) is 0 Å². The molecule has 0 radical (unpaired) electrons. The van der Waals surface area contributed by atoms with Crippen LogP contribution in [0, 0.1) is 0 Å². The second-order valence-electron chi connectivity index (χ2n) is 20.5. The minimum absolute atomic E-state index is 0. The van der Waals surface area contributed by atoms with Gasteiger partial charge in [0.05, 0.1) is 33.6 Å². The van der Waals surface area contributed by atoms with Crippen molar-refractivity contribution in [3.8, 4) is 22.3 Å². The van der Waals surface area contributed by atoms with Crippen molar-refractivity contribution in [2.24, 2.45) is 0 Å². The van der Waals surface area contributed by atoms with Crippen molar-refractivity contribution in [3.05, 3.63) is 138 Å². The Morgan fingerprint density at radius 2 is 0.746 bits per heavy atom. The van der Waals surface area contributed by atoms with Gasteiger partial charge in [-0.1, -0.05) is 116 Å². The van der Waals surface area contributed by atoms with Crippen LogP contribution in [0.1, 0.15) is 90.5 Å². The fourth-order valence-corrected chi connectivity index (χ4v) is 8.65. The molecule has 0 atom stereocenters. The first-order valence-electron chi connectivity index (χ1n) is 22.8. The minimum Gasteiger partial charge on any atom is -0.456 e. The van der Waals surface area contributed by atoms with Crippen LogP contribution in [0.2, 0.25) is 5.02 Å². The summed E-state index contributed by atoms with van der Waals surface area (Å²) < 4.78 is 48.4. The van der Waals surface area contributed by atoms with Gasteiger partial charge in [-0.3, -0.25) is 0 Å². The molecule has 0 amide bonds. The molecular formula is C55H62B3ClO8. The van der Waals surface area contributed by atoms with Gasteiger partial charge in [-0.2, -0.15) is 0 Å². The summed E-state index contributed by atoms with van der Waals surface area (Å²) >= 11 is 6.04. The molecule has 0 N–H and O–H groups in total. The number of fused-ring (bicyclic) bond motifs is 6. The molecule has 11 rings (SSSR count). The molecule has 3 aliphatic rings. The summed E-state index contributed by atoms with van der Waals surface area (Å²) in [5.41, 5.74) is 7.03. The smallest absolute Gasteiger partial charge is 0.456 e. The molecule has 346 valence electrons. The zero-order valence-corrected chi connectivity index (χ0v) is 40.8. The van der Waals surface area contributed by atoms with E-state index < -0.39 is 21.1 Å². The van der Waals surface area contributed by atoms with E-state index in [2.05, 4.69) is 88.4 Å². The minimum atomic E-state index is -0.476. The van der Waals surface area contributed by atoms with Gasteiger partial charge in [0.2, 0.25) is 0 Å². The van der Waals surface area contributed by atoms with E-state index in [1.165, 1.54) is 22.3 Å². The molecule has 0 spiro atoms. The van der Waals surface area contributed by atoms with Crippen molar-refractivity contribution in [2.75, 3.05) is 0 Å². The lowest BCUT2D eigenvalue weighted by atomic mass is 9.49. The van der Waals surface area contributed by atoms with Crippen LogP contribution in [0.15, 0.2) is 142 Å². The maximum atomic E-state index is 6.21. The zero-order chi connectivity index (χ0) is 47.0. The molecule has 3 aliphatic heterocycles. The number of benzene rings is 6. The Hall–Kier alpha value is -4.84. The van der Waals surface area contributed by atoms with Crippen LogP contribution in [-0.2, 0) is 27.9 Å². The number of rotatable bonds is 4. The van der Waals surface area contributed by atoms with Crippen LogP contribution in [0.25, 0.3) is 66.1 Å². The highest BCUT2D eigenvalue weighted by Gasteiger charge is 2.63. The van der Waals surface area contributed by atoms with Gasteiger partial charge in [0, 0.05) is 32.6 Å². The second kappa shape index (κ2) is 17.6. The Kier molecular flexibility index (Phi) is 12.8. The molecule has 0 aliphatic carbocycles. The predicted molar refractivity (Wildman–Crippen MR) is 278 cm³/mol. The van der Waals surface area contributed by atoms with E-state index in [-0.39, 0.29) is 41.0 Å². The van der Waals surface area contributed by atoms with Crippen molar-refractivity contribution in [3.63, 3.8) is 0 Å². The van der Waals surface area contributed by atoms with Crippen LogP contribution >= 0.6 is 11.6 Å². The number of hydrogen-bond acceptors (Lipinski definition) is 8. The summed E-state index contributed by atoms with van der Waals surface area (Å²) in [6.07, 6.45) is 0. The monoisotopic (exact) mass is 918 g/mol. The molecule has 3 saturated heterocycles. The molecule has 8 aromatic rings. The number of halogens is 1. The second-order valence-corrected chi connectivity index (χ2v) is 21.0. The summed E-state index contributed by atoms with van der Waals surface area (Å²) in [4.78, 5) is 0. The van der Waals surface area contributed by atoms with Gasteiger partial charge in [-0.25, -0.2) is 0 Å². The van der Waals surface area contributed by atoms with E-state index in [0.717, 1.165) is 49.3 Å². The first kappa shape index (κ1) is 48.6. The van der Waals surface area contributed by atoms with E-state index in [4.69, 9.17) is 48.4 Å². The van der Waals surface area contributed by atoms with Crippen LogP contribution < -0.4 is 5.46 Å². The number of furan rings is 2. The van der Waals surface area contributed by atoms with Crippen molar-refractivity contribution in [1.82, 2.24) is 0 Å². The van der Waals surface area contributed by atoms with Crippen molar-refractivity contribution < 1.29 is 36.8 Å². The fourth-order valence-electron chi connectivity index (χ4n) is 8.48. The highest BCUT2D eigenvalue weighted by atomic mass is 35.5. The van der Waals surface area contributed by atoms with Gasteiger partial charge in [0.15, 0.2) is 0 Å². The summed E-state index contributed by atoms with van der Waals surface area (Å²) in [6.45, 7) is 24.5. The Bertz CT molecular complexity index is 2970. The van der Waals surface area contributed by atoms with Gasteiger partial charge in [-0.05, 0) is 141 Å². The molecule has 6 aromatic carbocycles. The topological polar surface area (TPSA) is 81.7 Å². The van der Waals surface area contributed by atoms with E-state index in [1.54, 1.807) is 0 Å². The third kappa shape index (κ3) is 9.01.